The third-order valence-electron chi connectivity index (χ3n) is 0.646. The van der Waals surface area contributed by atoms with Gasteiger partial charge in [-0.2, -0.15) is 0 Å². The van der Waals surface area contributed by atoms with Gasteiger partial charge in [0.1, 0.15) is 5.76 Å². The van der Waals surface area contributed by atoms with Crippen LogP contribution >= 0.6 is 0 Å². The van der Waals surface area contributed by atoms with Crippen molar-refractivity contribution in [2.75, 3.05) is 0 Å². The lowest BCUT2D eigenvalue weighted by Gasteiger charge is -1.88. The molecule has 4 heteroatoms. The lowest BCUT2D eigenvalue weighted by molar-refractivity contribution is 0.389. The molecule has 0 aromatic heterocycles. The van der Waals surface area contributed by atoms with Crippen LogP contribution in [-0.2, 0) is 0 Å². The van der Waals surface area contributed by atoms with Gasteiger partial charge in [0.25, 0.3) is 0 Å². The maximum absolute atomic E-state index is 9.31. The predicted octanol–water partition coefficient (Wildman–Crippen LogP) is 1.07. The first-order valence-corrected chi connectivity index (χ1v) is 2.27. The molecule has 0 radical (unpaired) electrons. The molecular formula is C4H8N2O2. The quantitative estimate of drug-likeness (QED) is 0.329. The second kappa shape index (κ2) is 4.11. The third-order valence-corrected chi connectivity index (χ3v) is 0.646. The van der Waals surface area contributed by atoms with Crippen molar-refractivity contribution in [3.63, 3.8) is 0 Å². The maximum atomic E-state index is 9.31. The highest BCUT2D eigenvalue weighted by Crippen LogP contribution is 1.89. The van der Waals surface area contributed by atoms with Crippen molar-refractivity contribution in [3.05, 3.63) is 16.9 Å². The van der Waals surface area contributed by atoms with Gasteiger partial charge in [0.2, 0.25) is 0 Å². The summed E-state index contributed by atoms with van der Waals surface area (Å²) in [5.41, 5.74) is 1.96. The van der Waals surface area contributed by atoms with Gasteiger partial charge in [-0.05, 0) is 0 Å². The van der Waals surface area contributed by atoms with E-state index in [9.17, 15) is 4.91 Å². The zero-order valence-corrected chi connectivity index (χ0v) is 4.59. The fourth-order valence-electron chi connectivity index (χ4n) is 0.203. The van der Waals surface area contributed by atoms with E-state index in [2.05, 4.69) is 5.29 Å². The van der Waals surface area contributed by atoms with Gasteiger partial charge in [-0.15, -0.1) is 4.91 Å². The van der Waals surface area contributed by atoms with Gasteiger partial charge in [-0.3, -0.25) is 0 Å². The Kier molecular flexibility index (Phi) is 3.56. The summed E-state index contributed by atoms with van der Waals surface area (Å²) in [7, 11) is 0. The van der Waals surface area contributed by atoms with Crippen LogP contribution in [0.25, 0.3) is 0 Å². The van der Waals surface area contributed by atoms with Crippen LogP contribution in [-0.4, -0.2) is 5.11 Å². The molecule has 2 N–H and O–H groups in total. The average Bonchev–Trinajstić information content (AvgIpc) is 1.83. The maximum Gasteiger partial charge on any atom is 0.110 e. The van der Waals surface area contributed by atoms with E-state index in [0.717, 1.165) is 6.20 Å². The second-order valence-electron chi connectivity index (χ2n) is 1.21. The summed E-state index contributed by atoms with van der Waals surface area (Å²) in [4.78, 5) is 9.31. The molecule has 0 aliphatic heterocycles. The molecule has 0 amide bonds. The fourth-order valence-corrected chi connectivity index (χ4v) is 0.203. The molecule has 0 rings (SSSR count). The summed E-state index contributed by atoms with van der Waals surface area (Å²) in [5.74, 6) is 0.115. The van der Waals surface area contributed by atoms with E-state index in [4.69, 9.17) is 5.11 Å². The van der Waals surface area contributed by atoms with Crippen LogP contribution in [0.15, 0.2) is 17.2 Å². The molecule has 0 saturated carbocycles. The Labute approximate surface area is 47.2 Å². The molecule has 46 valence electrons. The van der Waals surface area contributed by atoms with Gasteiger partial charge < -0.3 is 5.11 Å². The summed E-state index contributed by atoms with van der Waals surface area (Å²) < 4.78 is 0. The van der Waals surface area contributed by atoms with Crippen molar-refractivity contribution < 1.29 is 5.11 Å². The molecule has 0 atom stereocenters. The first-order chi connectivity index (χ1) is 3.81. The van der Waals surface area contributed by atoms with Crippen LogP contribution in [0.1, 0.15) is 13.3 Å². The molecule has 0 aliphatic rings. The van der Waals surface area contributed by atoms with Gasteiger partial charge in [-0.1, -0.05) is 6.92 Å². The molecule has 4 nitrogen and oxygen atoms in total. The number of hydrogen-bond donors (Lipinski definition) is 2. The SMILES string of the molecule is CCC(O)=CNN=O. The van der Waals surface area contributed by atoms with Gasteiger partial charge >= 0.3 is 0 Å². The predicted molar refractivity (Wildman–Crippen MR) is 29.9 cm³/mol. The minimum absolute atomic E-state index is 0.115. The molecule has 0 saturated heterocycles. The highest BCUT2D eigenvalue weighted by Gasteiger charge is 1.81. The number of nitroso groups, excluding NO2 is 1. The molecule has 0 aliphatic carbocycles. The van der Waals surface area contributed by atoms with Crippen LogP contribution in [0, 0.1) is 4.91 Å². The van der Waals surface area contributed by atoms with Crippen LogP contribution in [0.4, 0.5) is 0 Å². The van der Waals surface area contributed by atoms with E-state index in [-0.39, 0.29) is 5.76 Å². The Morgan fingerprint density at radius 3 is 3.00 bits per heavy atom. The van der Waals surface area contributed by atoms with Gasteiger partial charge in [0.05, 0.1) is 11.5 Å². The first-order valence-electron chi connectivity index (χ1n) is 2.27. The summed E-state index contributed by atoms with van der Waals surface area (Å²) in [6.45, 7) is 1.76. The third kappa shape index (κ3) is 3.14. The zero-order valence-electron chi connectivity index (χ0n) is 4.59. The standard InChI is InChI=1S/C4H8N2O2/c1-2-4(7)3-5-6-8/h3,7H,2H2,1H3,(H,5,8). The molecule has 0 aromatic rings. The largest absolute Gasteiger partial charge is 0.511 e. The molecule has 8 heavy (non-hydrogen) atoms. The van der Waals surface area contributed by atoms with Crippen molar-refractivity contribution in [1.29, 1.82) is 0 Å². The van der Waals surface area contributed by atoms with E-state index in [0.29, 0.717) is 6.42 Å². The molecule has 0 bridgehead atoms. The Morgan fingerprint density at radius 2 is 2.62 bits per heavy atom. The smallest absolute Gasteiger partial charge is 0.110 e. The molecular weight excluding hydrogens is 108 g/mol. The lowest BCUT2D eigenvalue weighted by Crippen LogP contribution is -1.92. The number of nitrogens with one attached hydrogen (secondary N) is 1. The molecule has 0 fully saturated rings. The van der Waals surface area contributed by atoms with Gasteiger partial charge in [-0.25, -0.2) is 5.43 Å². The monoisotopic (exact) mass is 116 g/mol. The van der Waals surface area contributed by atoms with Gasteiger partial charge in [0.15, 0.2) is 0 Å². The van der Waals surface area contributed by atoms with E-state index >= 15 is 0 Å². The minimum atomic E-state index is 0.115. The number of hydrogen-bond acceptors (Lipinski definition) is 3. The number of aliphatic hydroxyl groups is 1. The summed E-state index contributed by atoms with van der Waals surface area (Å²) in [6, 6.07) is 0. The van der Waals surface area contributed by atoms with Crippen molar-refractivity contribution in [2.24, 2.45) is 5.29 Å². The summed E-state index contributed by atoms with van der Waals surface area (Å²) in [6.07, 6.45) is 1.65. The van der Waals surface area contributed by atoms with E-state index in [1.54, 1.807) is 6.92 Å². The van der Waals surface area contributed by atoms with Crippen molar-refractivity contribution in [2.45, 2.75) is 13.3 Å². The molecule has 0 spiro atoms. The number of allylic oxidation sites excluding steroid dienone is 1. The Morgan fingerprint density at radius 1 is 2.00 bits per heavy atom. The highest BCUT2D eigenvalue weighted by molar-refractivity contribution is 4.85. The number of aliphatic hydroxyl groups excluding tert-OH is 1. The van der Waals surface area contributed by atoms with Crippen LogP contribution < -0.4 is 5.43 Å². The normalized spacial score (nSPS) is 10.9. The Hall–Kier alpha value is -1.06. The second-order valence-corrected chi connectivity index (χ2v) is 1.21. The van der Waals surface area contributed by atoms with E-state index in [1.165, 1.54) is 0 Å². The van der Waals surface area contributed by atoms with Gasteiger partial charge in [0, 0.05) is 6.42 Å². The highest BCUT2D eigenvalue weighted by atomic mass is 16.3. The molecule has 0 aromatic carbocycles. The topological polar surface area (TPSA) is 61.7 Å². The molecule has 0 heterocycles. The Bertz CT molecular complexity index is 100. The number of rotatable bonds is 3. The zero-order chi connectivity index (χ0) is 6.41. The van der Waals surface area contributed by atoms with Crippen molar-refractivity contribution >= 4 is 0 Å². The minimum Gasteiger partial charge on any atom is -0.511 e. The Balaban J connectivity index is 3.40. The van der Waals surface area contributed by atoms with Crippen LogP contribution in [0.3, 0.4) is 0 Å². The van der Waals surface area contributed by atoms with Crippen LogP contribution in [0.2, 0.25) is 0 Å². The van der Waals surface area contributed by atoms with Crippen molar-refractivity contribution in [1.82, 2.24) is 5.43 Å². The first kappa shape index (κ1) is 6.94. The van der Waals surface area contributed by atoms with Crippen LogP contribution in [0.5, 0.6) is 0 Å². The van der Waals surface area contributed by atoms with E-state index < -0.39 is 0 Å². The molecule has 0 unspecified atom stereocenters. The number of nitrogens with zero attached hydrogens (tertiary/aromatic N) is 1. The summed E-state index contributed by atoms with van der Waals surface area (Å²) in [5, 5.41) is 10.9. The van der Waals surface area contributed by atoms with E-state index in [1.807, 2.05) is 5.43 Å². The fraction of sp³-hybridized carbons (Fsp3) is 0.500. The summed E-state index contributed by atoms with van der Waals surface area (Å²) >= 11 is 0. The average molecular weight is 116 g/mol. The van der Waals surface area contributed by atoms with Crippen molar-refractivity contribution in [3.8, 4) is 0 Å². The lowest BCUT2D eigenvalue weighted by atomic mass is 10.4.